The van der Waals surface area contributed by atoms with E-state index in [1.807, 2.05) is 0 Å². The quantitative estimate of drug-likeness (QED) is 0.817. The van der Waals surface area contributed by atoms with E-state index in [0.29, 0.717) is 22.3 Å². The maximum absolute atomic E-state index is 12.8. The minimum absolute atomic E-state index is 0.433. The number of thioether (sulfide) groups is 1. The van der Waals surface area contributed by atoms with Gasteiger partial charge >= 0.3 is 6.09 Å². The molecule has 106 valence electrons. The topological polar surface area (TPSA) is 38.3 Å². The van der Waals surface area contributed by atoms with E-state index in [9.17, 15) is 13.6 Å². The molecule has 0 aromatic heterocycles. The van der Waals surface area contributed by atoms with E-state index in [4.69, 9.17) is 4.74 Å². The van der Waals surface area contributed by atoms with Crippen molar-refractivity contribution in [3.8, 4) is 0 Å². The second-order valence-electron chi connectivity index (χ2n) is 5.06. The van der Waals surface area contributed by atoms with Crippen molar-refractivity contribution < 1.29 is 18.3 Å². The van der Waals surface area contributed by atoms with Gasteiger partial charge in [0, 0.05) is 17.5 Å². The SMILES string of the molecule is CC(C)(C)OC(=O)Nc1ccc(SC(C)(F)F)cc1. The van der Waals surface area contributed by atoms with Gasteiger partial charge in [-0.1, -0.05) is 11.8 Å². The maximum Gasteiger partial charge on any atom is 0.412 e. The van der Waals surface area contributed by atoms with Gasteiger partial charge in [-0.25, -0.2) is 4.79 Å². The summed E-state index contributed by atoms with van der Waals surface area (Å²) in [4.78, 5) is 11.9. The summed E-state index contributed by atoms with van der Waals surface area (Å²) in [7, 11) is 0. The lowest BCUT2D eigenvalue weighted by atomic mass is 10.2. The lowest BCUT2D eigenvalue weighted by Crippen LogP contribution is -2.27. The van der Waals surface area contributed by atoms with Crippen LogP contribution in [0.25, 0.3) is 0 Å². The van der Waals surface area contributed by atoms with Crippen molar-refractivity contribution in [3.05, 3.63) is 24.3 Å². The minimum atomic E-state index is -2.82. The molecule has 3 nitrogen and oxygen atoms in total. The highest BCUT2D eigenvalue weighted by atomic mass is 32.2. The van der Waals surface area contributed by atoms with Gasteiger partial charge in [0.2, 0.25) is 0 Å². The molecule has 1 aromatic rings. The number of hydrogen-bond donors (Lipinski definition) is 1. The van der Waals surface area contributed by atoms with Crippen molar-refractivity contribution >= 4 is 23.5 Å². The fraction of sp³-hybridized carbons (Fsp3) is 0.462. The van der Waals surface area contributed by atoms with Crippen LogP contribution in [0.1, 0.15) is 27.7 Å². The van der Waals surface area contributed by atoms with E-state index in [2.05, 4.69) is 5.32 Å². The van der Waals surface area contributed by atoms with Crippen molar-refractivity contribution in [1.29, 1.82) is 0 Å². The highest BCUT2D eigenvalue weighted by Crippen LogP contribution is 2.35. The number of rotatable bonds is 3. The molecule has 19 heavy (non-hydrogen) atoms. The molecule has 0 spiro atoms. The number of amides is 1. The lowest BCUT2D eigenvalue weighted by Gasteiger charge is -2.19. The zero-order chi connectivity index (χ0) is 14.7. The van der Waals surface area contributed by atoms with Crippen LogP contribution in [0.5, 0.6) is 0 Å². The second-order valence-corrected chi connectivity index (χ2v) is 6.45. The summed E-state index contributed by atoms with van der Waals surface area (Å²) < 4.78 is 30.6. The molecular formula is C13H17F2NO2S. The molecule has 6 heteroatoms. The number of carbonyl (C=O) groups excluding carboxylic acids is 1. The molecule has 1 N–H and O–H groups in total. The summed E-state index contributed by atoms with van der Waals surface area (Å²) in [6, 6.07) is 6.15. The minimum Gasteiger partial charge on any atom is -0.444 e. The molecule has 0 bridgehead atoms. The van der Waals surface area contributed by atoms with Gasteiger partial charge in [0.1, 0.15) is 5.60 Å². The smallest absolute Gasteiger partial charge is 0.412 e. The molecule has 1 aromatic carbocycles. The van der Waals surface area contributed by atoms with Crippen molar-refractivity contribution in [3.63, 3.8) is 0 Å². The summed E-state index contributed by atoms with van der Waals surface area (Å²) in [5.74, 6) is 0. The molecule has 0 fully saturated rings. The van der Waals surface area contributed by atoms with Crippen LogP contribution in [0.15, 0.2) is 29.2 Å². The first-order valence-electron chi connectivity index (χ1n) is 5.72. The van der Waals surface area contributed by atoms with Crippen LogP contribution in [-0.4, -0.2) is 16.9 Å². The third-order valence-corrected chi connectivity index (χ3v) is 2.66. The first-order valence-corrected chi connectivity index (χ1v) is 6.54. The number of carbonyl (C=O) groups is 1. The van der Waals surface area contributed by atoms with Gasteiger partial charge in [0.05, 0.1) is 0 Å². The fourth-order valence-corrected chi connectivity index (χ4v) is 1.92. The zero-order valence-corrected chi connectivity index (χ0v) is 12.1. The van der Waals surface area contributed by atoms with E-state index >= 15 is 0 Å². The molecule has 0 radical (unpaired) electrons. The van der Waals surface area contributed by atoms with Gasteiger partial charge < -0.3 is 4.74 Å². The van der Waals surface area contributed by atoms with E-state index in [0.717, 1.165) is 6.92 Å². The average Bonchev–Trinajstić information content (AvgIpc) is 2.15. The van der Waals surface area contributed by atoms with Gasteiger partial charge in [-0.15, -0.1) is 0 Å². The molecule has 1 amide bonds. The summed E-state index contributed by atoms with van der Waals surface area (Å²) in [5, 5.41) is -0.289. The van der Waals surface area contributed by atoms with Crippen molar-refractivity contribution in [2.45, 2.75) is 43.4 Å². The van der Waals surface area contributed by atoms with E-state index in [1.54, 1.807) is 32.9 Å². The van der Waals surface area contributed by atoms with Gasteiger partial charge in [-0.3, -0.25) is 5.32 Å². The molecule has 0 saturated heterocycles. The zero-order valence-electron chi connectivity index (χ0n) is 11.3. The summed E-state index contributed by atoms with van der Waals surface area (Å²) >= 11 is 0.461. The number of anilines is 1. The van der Waals surface area contributed by atoms with Crippen LogP contribution >= 0.6 is 11.8 Å². The van der Waals surface area contributed by atoms with Gasteiger partial charge in [0.15, 0.2) is 0 Å². The van der Waals surface area contributed by atoms with Gasteiger partial charge in [-0.05, 0) is 45.0 Å². The molecule has 0 saturated carbocycles. The standard InChI is InChI=1S/C13H17F2NO2S/c1-12(2,3)18-11(17)16-9-5-7-10(8-6-9)19-13(4,14)15/h5-8H,1-4H3,(H,16,17). The van der Waals surface area contributed by atoms with E-state index in [-0.39, 0.29) is 0 Å². The Labute approximate surface area is 115 Å². The normalized spacial score (nSPS) is 12.1. The van der Waals surface area contributed by atoms with Crippen molar-refractivity contribution in [2.24, 2.45) is 0 Å². The number of benzene rings is 1. The Morgan fingerprint density at radius 3 is 2.11 bits per heavy atom. The third kappa shape index (κ3) is 7.00. The van der Waals surface area contributed by atoms with Crippen LogP contribution in [0.3, 0.4) is 0 Å². The van der Waals surface area contributed by atoms with Crippen LogP contribution in [0.4, 0.5) is 19.3 Å². The largest absolute Gasteiger partial charge is 0.444 e. The van der Waals surface area contributed by atoms with Crippen LogP contribution in [-0.2, 0) is 4.74 Å². The molecule has 0 aliphatic heterocycles. The molecule has 0 unspecified atom stereocenters. The molecular weight excluding hydrogens is 272 g/mol. The Balaban J connectivity index is 2.60. The second kappa shape index (κ2) is 5.77. The Kier molecular flexibility index (Phi) is 4.79. The fourth-order valence-electron chi connectivity index (χ4n) is 1.23. The molecule has 0 atom stereocenters. The molecule has 1 rings (SSSR count). The lowest BCUT2D eigenvalue weighted by molar-refractivity contribution is 0.0636. The highest BCUT2D eigenvalue weighted by molar-refractivity contribution is 8.00. The average molecular weight is 289 g/mol. The van der Waals surface area contributed by atoms with E-state index in [1.165, 1.54) is 12.1 Å². The first kappa shape index (κ1) is 15.8. The predicted octanol–water partition coefficient (Wildman–Crippen LogP) is 4.74. The van der Waals surface area contributed by atoms with Gasteiger partial charge in [-0.2, -0.15) is 8.78 Å². The molecule has 0 heterocycles. The monoisotopic (exact) mass is 289 g/mol. The third-order valence-electron chi connectivity index (χ3n) is 1.80. The Morgan fingerprint density at radius 2 is 1.68 bits per heavy atom. The maximum atomic E-state index is 12.8. The van der Waals surface area contributed by atoms with Crippen LogP contribution < -0.4 is 5.32 Å². The van der Waals surface area contributed by atoms with Crippen molar-refractivity contribution in [2.75, 3.05) is 5.32 Å². The van der Waals surface area contributed by atoms with Crippen molar-refractivity contribution in [1.82, 2.24) is 0 Å². The van der Waals surface area contributed by atoms with E-state index < -0.39 is 16.9 Å². The molecule has 0 aliphatic carbocycles. The Hall–Kier alpha value is -1.30. The van der Waals surface area contributed by atoms with Gasteiger partial charge in [0.25, 0.3) is 5.25 Å². The molecule has 0 aliphatic rings. The number of halogens is 2. The Bertz CT molecular complexity index is 435. The number of ether oxygens (including phenoxy) is 1. The summed E-state index contributed by atoms with van der Waals surface area (Å²) in [6.07, 6.45) is -0.575. The predicted molar refractivity (Wildman–Crippen MR) is 72.8 cm³/mol. The van der Waals surface area contributed by atoms with Crippen LogP contribution in [0, 0.1) is 0 Å². The van der Waals surface area contributed by atoms with Crippen LogP contribution in [0.2, 0.25) is 0 Å². The summed E-state index contributed by atoms with van der Waals surface area (Å²) in [5.41, 5.74) is -0.0811. The Morgan fingerprint density at radius 1 is 1.16 bits per heavy atom. The number of hydrogen-bond acceptors (Lipinski definition) is 3. The highest BCUT2D eigenvalue weighted by Gasteiger charge is 2.22. The first-order chi connectivity index (χ1) is 8.55. The summed E-state index contributed by atoms with van der Waals surface area (Å²) in [6.45, 7) is 6.12. The number of alkyl halides is 2. The number of nitrogens with one attached hydrogen (secondary N) is 1.